The van der Waals surface area contributed by atoms with Gasteiger partial charge in [-0.1, -0.05) is 0 Å². The zero-order valence-electron chi connectivity index (χ0n) is 14.6. The van der Waals surface area contributed by atoms with Crippen molar-refractivity contribution >= 4 is 42.3 Å². The van der Waals surface area contributed by atoms with Gasteiger partial charge in [-0.3, -0.25) is 19.2 Å². The normalized spacial score (nSPS) is 18.4. The van der Waals surface area contributed by atoms with E-state index in [1.807, 2.05) is 0 Å². The summed E-state index contributed by atoms with van der Waals surface area (Å²) in [7, 11) is 0. The van der Waals surface area contributed by atoms with E-state index in [1.54, 1.807) is 0 Å². The summed E-state index contributed by atoms with van der Waals surface area (Å²) < 4.78 is 0. The lowest BCUT2D eigenvalue weighted by molar-refractivity contribution is -0.144. The summed E-state index contributed by atoms with van der Waals surface area (Å²) in [5.41, 5.74) is 5.49. The first-order valence-electron chi connectivity index (χ1n) is 8.36. The summed E-state index contributed by atoms with van der Waals surface area (Å²) in [4.78, 5) is 59.3. The molecule has 0 bridgehead atoms. The highest BCUT2D eigenvalue weighted by atomic mass is 32.1. The largest absolute Gasteiger partial charge is 0.481 e. The highest BCUT2D eigenvalue weighted by molar-refractivity contribution is 7.80. The second-order valence-corrected chi connectivity index (χ2v) is 6.45. The molecule has 1 rings (SSSR count). The predicted molar refractivity (Wildman–Crippen MR) is 96.0 cm³/mol. The van der Waals surface area contributed by atoms with Crippen LogP contribution in [0.3, 0.4) is 0 Å². The Labute approximate surface area is 161 Å². The zero-order chi connectivity index (χ0) is 20.6. The highest BCUT2D eigenvalue weighted by Crippen LogP contribution is 2.18. The number of aliphatic carboxylic acids is 2. The Hall–Kier alpha value is -2.34. The lowest BCUT2D eigenvalue weighted by Gasteiger charge is -2.25. The Morgan fingerprint density at radius 3 is 2.44 bits per heavy atom. The van der Waals surface area contributed by atoms with Crippen LogP contribution in [0.25, 0.3) is 0 Å². The van der Waals surface area contributed by atoms with Gasteiger partial charge in [0.05, 0.1) is 12.6 Å². The number of thiol groups is 1. The molecule has 6 N–H and O–H groups in total. The standard InChI is InChI=1S/C15H24N4O7S/c16-8(7-27)13(23)17-6-11(20)19-5-1-2-10(19)14(24)18-9(15(25)26)3-4-12(21)22/h8-10,27H,1-7,16H2,(H,17,23)(H,18,24)(H,21,22)(H,25,26). The highest BCUT2D eigenvalue weighted by Gasteiger charge is 2.35. The Morgan fingerprint density at radius 1 is 1.22 bits per heavy atom. The number of carboxylic acids is 2. The summed E-state index contributed by atoms with van der Waals surface area (Å²) in [6.07, 6.45) is 0.199. The van der Waals surface area contributed by atoms with Gasteiger partial charge < -0.3 is 31.5 Å². The van der Waals surface area contributed by atoms with Gasteiger partial charge in [-0.05, 0) is 19.3 Å². The van der Waals surface area contributed by atoms with E-state index in [0.717, 1.165) is 0 Å². The van der Waals surface area contributed by atoms with E-state index in [4.69, 9.17) is 15.9 Å². The molecule has 1 fully saturated rings. The number of nitrogens with one attached hydrogen (secondary N) is 2. The van der Waals surface area contributed by atoms with Crippen LogP contribution in [0.2, 0.25) is 0 Å². The van der Waals surface area contributed by atoms with Gasteiger partial charge in [0.1, 0.15) is 12.1 Å². The summed E-state index contributed by atoms with van der Waals surface area (Å²) in [6, 6.07) is -3.09. The molecular formula is C15H24N4O7S. The van der Waals surface area contributed by atoms with E-state index in [0.29, 0.717) is 12.8 Å². The second-order valence-electron chi connectivity index (χ2n) is 6.08. The number of nitrogens with zero attached hydrogens (tertiary/aromatic N) is 1. The molecule has 0 aromatic carbocycles. The Morgan fingerprint density at radius 2 is 1.89 bits per heavy atom. The van der Waals surface area contributed by atoms with E-state index in [2.05, 4.69) is 23.3 Å². The molecule has 1 aliphatic rings. The number of carbonyl (C=O) groups is 5. The van der Waals surface area contributed by atoms with E-state index in [-0.39, 0.29) is 25.3 Å². The van der Waals surface area contributed by atoms with Crippen LogP contribution >= 0.6 is 12.6 Å². The molecule has 1 aliphatic heterocycles. The second kappa shape index (κ2) is 10.7. The number of hydrogen-bond acceptors (Lipinski definition) is 7. The molecule has 0 aromatic rings. The number of hydrogen-bond donors (Lipinski definition) is 6. The van der Waals surface area contributed by atoms with Gasteiger partial charge in [-0.15, -0.1) is 0 Å². The maximum absolute atomic E-state index is 12.4. The van der Waals surface area contributed by atoms with Crippen molar-refractivity contribution in [2.24, 2.45) is 5.73 Å². The summed E-state index contributed by atoms with van der Waals surface area (Å²) in [5.74, 6) is -4.13. The Kier molecular flexibility index (Phi) is 9.02. The smallest absolute Gasteiger partial charge is 0.326 e. The SMILES string of the molecule is NC(CS)C(=O)NCC(=O)N1CCCC1C(=O)NC(CCC(=O)O)C(=O)O. The third kappa shape index (κ3) is 7.06. The fourth-order valence-electron chi connectivity index (χ4n) is 2.61. The van der Waals surface area contributed by atoms with Crippen LogP contribution in [0.15, 0.2) is 0 Å². The molecule has 3 atom stereocenters. The minimum Gasteiger partial charge on any atom is -0.481 e. The average Bonchev–Trinajstić information content (AvgIpc) is 3.11. The van der Waals surface area contributed by atoms with Crippen LogP contribution in [0.1, 0.15) is 25.7 Å². The summed E-state index contributed by atoms with van der Waals surface area (Å²) in [5, 5.41) is 22.4. The van der Waals surface area contributed by atoms with Gasteiger partial charge >= 0.3 is 11.9 Å². The van der Waals surface area contributed by atoms with Crippen molar-refractivity contribution in [1.82, 2.24) is 15.5 Å². The maximum Gasteiger partial charge on any atom is 0.326 e. The molecule has 3 amide bonds. The van der Waals surface area contributed by atoms with Gasteiger partial charge in [-0.2, -0.15) is 12.6 Å². The van der Waals surface area contributed by atoms with Gasteiger partial charge in [0, 0.05) is 18.7 Å². The molecule has 1 heterocycles. The summed E-state index contributed by atoms with van der Waals surface area (Å²) >= 11 is 3.89. The molecular weight excluding hydrogens is 380 g/mol. The van der Waals surface area contributed by atoms with Crippen LogP contribution in [-0.4, -0.2) is 81.7 Å². The van der Waals surface area contributed by atoms with E-state index in [1.165, 1.54) is 4.90 Å². The average molecular weight is 404 g/mol. The van der Waals surface area contributed by atoms with Crippen molar-refractivity contribution in [3.8, 4) is 0 Å². The number of likely N-dealkylation sites (tertiary alicyclic amines) is 1. The van der Waals surface area contributed by atoms with Gasteiger partial charge in [0.2, 0.25) is 17.7 Å². The van der Waals surface area contributed by atoms with E-state index >= 15 is 0 Å². The van der Waals surface area contributed by atoms with Crippen LogP contribution < -0.4 is 16.4 Å². The molecule has 3 unspecified atom stereocenters. The number of carbonyl (C=O) groups excluding carboxylic acids is 3. The third-order valence-electron chi connectivity index (χ3n) is 4.08. The molecule has 1 saturated heterocycles. The lowest BCUT2D eigenvalue weighted by Crippen LogP contribution is -2.53. The number of rotatable bonds is 10. The molecule has 0 spiro atoms. The van der Waals surface area contributed by atoms with Crippen molar-refractivity contribution in [3.05, 3.63) is 0 Å². The molecule has 0 saturated carbocycles. The molecule has 152 valence electrons. The van der Waals surface area contributed by atoms with Crippen molar-refractivity contribution in [3.63, 3.8) is 0 Å². The maximum atomic E-state index is 12.4. The van der Waals surface area contributed by atoms with Crippen LogP contribution in [0.5, 0.6) is 0 Å². The van der Waals surface area contributed by atoms with Crippen LogP contribution in [0, 0.1) is 0 Å². The van der Waals surface area contributed by atoms with Crippen LogP contribution in [0.4, 0.5) is 0 Å². The quantitative estimate of drug-likeness (QED) is 0.222. The summed E-state index contributed by atoms with van der Waals surface area (Å²) in [6.45, 7) is -0.0518. The molecule has 0 aromatic heterocycles. The fourth-order valence-corrected chi connectivity index (χ4v) is 2.78. The van der Waals surface area contributed by atoms with Crippen molar-refractivity contribution < 1.29 is 34.2 Å². The monoisotopic (exact) mass is 404 g/mol. The number of carboxylic acid groups (broad SMARTS) is 2. The molecule has 27 heavy (non-hydrogen) atoms. The van der Waals surface area contributed by atoms with Gasteiger partial charge in [-0.25, -0.2) is 4.79 Å². The first kappa shape index (κ1) is 22.7. The number of amides is 3. The van der Waals surface area contributed by atoms with Gasteiger partial charge in [0.15, 0.2) is 0 Å². The van der Waals surface area contributed by atoms with Crippen molar-refractivity contribution in [1.29, 1.82) is 0 Å². The molecule has 0 radical (unpaired) electrons. The molecule has 11 nitrogen and oxygen atoms in total. The van der Waals surface area contributed by atoms with Gasteiger partial charge in [0.25, 0.3) is 0 Å². The first-order valence-corrected chi connectivity index (χ1v) is 8.99. The van der Waals surface area contributed by atoms with Crippen LogP contribution in [-0.2, 0) is 24.0 Å². The van der Waals surface area contributed by atoms with E-state index in [9.17, 15) is 24.0 Å². The minimum atomic E-state index is -1.36. The predicted octanol–water partition coefficient (Wildman–Crippen LogP) is -2.22. The minimum absolute atomic E-state index is 0.113. The fraction of sp³-hybridized carbons (Fsp3) is 0.667. The lowest BCUT2D eigenvalue weighted by atomic mass is 10.1. The van der Waals surface area contributed by atoms with Crippen molar-refractivity contribution in [2.75, 3.05) is 18.8 Å². The third-order valence-corrected chi connectivity index (χ3v) is 4.48. The Bertz CT molecular complexity index is 601. The zero-order valence-corrected chi connectivity index (χ0v) is 15.5. The first-order chi connectivity index (χ1) is 12.7. The number of nitrogens with two attached hydrogens (primary N) is 1. The van der Waals surface area contributed by atoms with Crippen molar-refractivity contribution in [2.45, 2.75) is 43.8 Å². The van der Waals surface area contributed by atoms with E-state index < -0.39 is 54.2 Å². The molecule has 0 aliphatic carbocycles. The Balaban J connectivity index is 2.64. The molecule has 12 heteroatoms. The topological polar surface area (TPSA) is 179 Å².